The molecule has 1 atom stereocenters. The maximum absolute atomic E-state index is 15.4. The van der Waals surface area contributed by atoms with Crippen LogP contribution in [-0.4, -0.2) is 51.4 Å². The SMILES string of the molecule is COc1cc(C(=O)NC[C@](O)(c2cc(C(C)(C)O)c(F)c(-c3ccc(F)cc3)n2)C(F)F)cc2cc(C(F)F)nnc12. The number of hydrogen-bond donors (Lipinski definition) is 3. The quantitative estimate of drug-likeness (QED) is 0.233. The van der Waals surface area contributed by atoms with Gasteiger partial charge >= 0.3 is 0 Å². The van der Waals surface area contributed by atoms with Gasteiger partial charge < -0.3 is 20.3 Å². The van der Waals surface area contributed by atoms with Crippen molar-refractivity contribution in [3.05, 3.63) is 82.7 Å². The van der Waals surface area contributed by atoms with Crippen LogP contribution in [0.2, 0.25) is 0 Å². The zero-order valence-electron chi connectivity index (χ0n) is 22.3. The second-order valence-corrected chi connectivity index (χ2v) is 9.88. The molecular formula is C28H24F6N4O4. The Balaban J connectivity index is 1.74. The van der Waals surface area contributed by atoms with Gasteiger partial charge in [0.05, 0.1) is 24.9 Å². The monoisotopic (exact) mass is 594 g/mol. The summed E-state index contributed by atoms with van der Waals surface area (Å²) in [6, 6.07) is 8.32. The van der Waals surface area contributed by atoms with Crippen molar-refractivity contribution in [2.24, 2.45) is 0 Å². The van der Waals surface area contributed by atoms with E-state index in [1.807, 2.05) is 0 Å². The molecule has 2 heterocycles. The van der Waals surface area contributed by atoms with Gasteiger partial charge in [0.15, 0.2) is 11.4 Å². The zero-order valence-corrected chi connectivity index (χ0v) is 22.3. The number of methoxy groups -OCH3 is 1. The van der Waals surface area contributed by atoms with Crippen LogP contribution in [0.5, 0.6) is 5.75 Å². The predicted molar refractivity (Wildman–Crippen MR) is 138 cm³/mol. The van der Waals surface area contributed by atoms with Crippen LogP contribution in [0.15, 0.2) is 48.5 Å². The number of amides is 1. The number of carbonyl (C=O) groups excluding carboxylic acids is 1. The minimum absolute atomic E-state index is 0.0194. The van der Waals surface area contributed by atoms with Crippen molar-refractivity contribution in [1.29, 1.82) is 0 Å². The lowest BCUT2D eigenvalue weighted by Gasteiger charge is -2.30. The van der Waals surface area contributed by atoms with Gasteiger partial charge in [-0.05, 0) is 62.4 Å². The van der Waals surface area contributed by atoms with Crippen molar-refractivity contribution < 1.29 is 46.1 Å². The third-order valence-corrected chi connectivity index (χ3v) is 6.44. The highest BCUT2D eigenvalue weighted by Crippen LogP contribution is 2.36. The summed E-state index contributed by atoms with van der Waals surface area (Å²) in [7, 11) is 1.23. The van der Waals surface area contributed by atoms with Crippen molar-refractivity contribution in [2.75, 3.05) is 13.7 Å². The van der Waals surface area contributed by atoms with Gasteiger partial charge in [-0.1, -0.05) is 0 Å². The lowest BCUT2D eigenvalue weighted by Crippen LogP contribution is -2.47. The third kappa shape index (κ3) is 5.99. The van der Waals surface area contributed by atoms with Crippen LogP contribution in [0.25, 0.3) is 22.2 Å². The minimum Gasteiger partial charge on any atom is -0.494 e. The number of benzene rings is 2. The van der Waals surface area contributed by atoms with E-state index in [0.29, 0.717) is 0 Å². The molecule has 222 valence electrons. The van der Waals surface area contributed by atoms with E-state index in [-0.39, 0.29) is 27.8 Å². The fourth-order valence-corrected chi connectivity index (χ4v) is 4.13. The number of alkyl halides is 4. The fraction of sp³-hybridized carbons (Fsp3) is 0.286. The highest BCUT2D eigenvalue weighted by atomic mass is 19.3. The molecular weight excluding hydrogens is 570 g/mol. The molecule has 0 aliphatic carbocycles. The summed E-state index contributed by atoms with van der Waals surface area (Å²) in [5, 5.41) is 30.9. The van der Waals surface area contributed by atoms with Gasteiger partial charge in [0.2, 0.25) is 0 Å². The van der Waals surface area contributed by atoms with E-state index < -0.39 is 70.8 Å². The van der Waals surface area contributed by atoms with E-state index in [1.54, 1.807) is 0 Å². The first-order chi connectivity index (χ1) is 19.6. The summed E-state index contributed by atoms with van der Waals surface area (Å²) in [4.78, 5) is 16.9. The lowest BCUT2D eigenvalue weighted by molar-refractivity contribution is -0.101. The molecule has 0 radical (unpaired) electrons. The molecule has 4 aromatic rings. The number of nitrogens with one attached hydrogen (secondary N) is 1. The largest absolute Gasteiger partial charge is 0.494 e. The molecule has 0 spiro atoms. The molecule has 0 aliphatic rings. The van der Waals surface area contributed by atoms with E-state index in [9.17, 15) is 37.0 Å². The van der Waals surface area contributed by atoms with Crippen LogP contribution in [-0.2, 0) is 11.2 Å². The summed E-state index contributed by atoms with van der Waals surface area (Å²) in [6.45, 7) is 1.22. The zero-order chi connectivity index (χ0) is 31.0. The number of rotatable bonds is 9. The number of halogens is 6. The van der Waals surface area contributed by atoms with Gasteiger partial charge in [-0.2, -0.15) is 0 Å². The Labute approximate surface area is 235 Å². The summed E-state index contributed by atoms with van der Waals surface area (Å²) >= 11 is 0. The summed E-state index contributed by atoms with van der Waals surface area (Å²) in [5.41, 5.74) is -7.81. The Morgan fingerprint density at radius 1 is 1.00 bits per heavy atom. The van der Waals surface area contributed by atoms with Crippen molar-refractivity contribution in [1.82, 2.24) is 20.5 Å². The molecule has 2 aromatic carbocycles. The number of pyridine rings is 1. The number of nitrogens with zero attached hydrogens (tertiary/aromatic N) is 3. The lowest BCUT2D eigenvalue weighted by atomic mass is 9.90. The first-order valence-electron chi connectivity index (χ1n) is 12.3. The molecule has 3 N–H and O–H groups in total. The highest BCUT2D eigenvalue weighted by Gasteiger charge is 2.43. The third-order valence-electron chi connectivity index (χ3n) is 6.44. The van der Waals surface area contributed by atoms with E-state index in [1.165, 1.54) is 27.0 Å². The van der Waals surface area contributed by atoms with Gasteiger partial charge in [0.1, 0.15) is 28.5 Å². The summed E-state index contributed by atoms with van der Waals surface area (Å²) in [5.74, 6) is -2.78. The van der Waals surface area contributed by atoms with Crippen LogP contribution in [0.1, 0.15) is 47.6 Å². The molecule has 0 bridgehead atoms. The van der Waals surface area contributed by atoms with E-state index in [4.69, 9.17) is 4.74 Å². The second-order valence-electron chi connectivity index (χ2n) is 9.88. The number of aromatic nitrogens is 3. The van der Waals surface area contributed by atoms with Gasteiger partial charge in [0.25, 0.3) is 18.8 Å². The summed E-state index contributed by atoms with van der Waals surface area (Å²) in [6.07, 6.45) is -6.54. The molecule has 0 saturated carbocycles. The van der Waals surface area contributed by atoms with E-state index in [2.05, 4.69) is 20.5 Å². The molecule has 0 fully saturated rings. The molecule has 42 heavy (non-hydrogen) atoms. The van der Waals surface area contributed by atoms with Gasteiger partial charge in [-0.15, -0.1) is 10.2 Å². The standard InChI is InChI=1S/C28H24F6N4O4/c1-27(2,40)17-11-20(36-23(21(17)30)13-4-6-16(29)7-5-13)28(41,26(33)34)12-35-25(39)15-8-14-9-18(24(31)32)37-38-22(14)19(10-15)42-3/h4-11,24,26,40-41H,12H2,1-3H3,(H,35,39)/t28-/m0/s1. The minimum atomic E-state index is -3.58. The summed E-state index contributed by atoms with van der Waals surface area (Å²) < 4.78 is 89.2. The van der Waals surface area contributed by atoms with Crippen molar-refractivity contribution in [3.63, 3.8) is 0 Å². The topological polar surface area (TPSA) is 117 Å². The van der Waals surface area contributed by atoms with Crippen molar-refractivity contribution in [3.8, 4) is 17.0 Å². The molecule has 4 rings (SSSR count). The molecule has 0 unspecified atom stereocenters. The number of carbonyl (C=O) groups is 1. The van der Waals surface area contributed by atoms with E-state index >= 15 is 4.39 Å². The molecule has 14 heteroatoms. The molecule has 2 aromatic heterocycles. The molecule has 0 aliphatic heterocycles. The maximum atomic E-state index is 15.4. The molecule has 8 nitrogen and oxygen atoms in total. The predicted octanol–water partition coefficient (Wildman–Crippen LogP) is 5.03. The second kappa shape index (κ2) is 11.5. The molecule has 0 saturated heterocycles. The Morgan fingerprint density at radius 3 is 2.24 bits per heavy atom. The van der Waals surface area contributed by atoms with Crippen molar-refractivity contribution >= 4 is 16.8 Å². The first-order valence-corrected chi connectivity index (χ1v) is 12.3. The highest BCUT2D eigenvalue weighted by molar-refractivity contribution is 5.99. The van der Waals surface area contributed by atoms with Gasteiger partial charge in [-0.25, -0.2) is 31.3 Å². The Morgan fingerprint density at radius 2 is 1.67 bits per heavy atom. The Hall–Kier alpha value is -4.30. The number of aliphatic hydroxyl groups is 2. The fourth-order valence-electron chi connectivity index (χ4n) is 4.13. The van der Waals surface area contributed by atoms with Gasteiger partial charge in [-0.3, -0.25) is 4.79 Å². The number of fused-ring (bicyclic) bond motifs is 1. The molecule has 1 amide bonds. The smallest absolute Gasteiger partial charge is 0.282 e. The normalized spacial score (nSPS) is 13.5. The van der Waals surface area contributed by atoms with Gasteiger partial charge in [0, 0.05) is 22.1 Å². The Kier molecular flexibility index (Phi) is 8.41. The van der Waals surface area contributed by atoms with E-state index in [0.717, 1.165) is 42.5 Å². The Bertz CT molecular complexity index is 1630. The van der Waals surface area contributed by atoms with Crippen LogP contribution in [0, 0.1) is 11.6 Å². The maximum Gasteiger partial charge on any atom is 0.282 e. The van der Waals surface area contributed by atoms with Crippen molar-refractivity contribution in [2.45, 2.75) is 37.9 Å². The van der Waals surface area contributed by atoms with Crippen LogP contribution in [0.4, 0.5) is 26.3 Å². The first kappa shape index (κ1) is 30.7. The van der Waals surface area contributed by atoms with Crippen LogP contribution >= 0.6 is 0 Å². The van der Waals surface area contributed by atoms with Crippen LogP contribution in [0.3, 0.4) is 0 Å². The average Bonchev–Trinajstić information content (AvgIpc) is 2.94. The average molecular weight is 595 g/mol. The number of hydrogen-bond acceptors (Lipinski definition) is 7. The number of ether oxygens (including phenoxy) is 1. The van der Waals surface area contributed by atoms with Crippen LogP contribution < -0.4 is 10.1 Å².